The molecule has 0 saturated carbocycles. The predicted molar refractivity (Wildman–Crippen MR) is 123 cm³/mol. The molecule has 0 heterocycles. The van der Waals surface area contributed by atoms with Crippen LogP contribution in [0.2, 0.25) is 10.0 Å². The summed E-state index contributed by atoms with van der Waals surface area (Å²) in [5.74, 6) is 1.72. The van der Waals surface area contributed by atoms with Gasteiger partial charge in [-0.1, -0.05) is 61.0 Å². The maximum Gasteiger partial charge on any atom is 0.156 e. The predicted octanol–water partition coefficient (Wildman–Crippen LogP) is 6.36. The third kappa shape index (κ3) is 12.2. The minimum atomic E-state index is 0. The van der Waals surface area contributed by atoms with Crippen LogP contribution in [-0.2, 0) is 6.61 Å². The van der Waals surface area contributed by atoms with Crippen LogP contribution in [0.1, 0.15) is 38.7 Å². The topological polar surface area (TPSA) is 58.9 Å². The number of aliphatic hydroxyl groups excluding tert-OH is 2. The van der Waals surface area contributed by atoms with Crippen molar-refractivity contribution < 1.29 is 19.7 Å². The van der Waals surface area contributed by atoms with Crippen molar-refractivity contribution in [3.63, 3.8) is 0 Å². The molecule has 2 aromatic carbocycles. The minimum absolute atomic E-state index is 0. The lowest BCUT2D eigenvalue weighted by molar-refractivity contribution is 0.253. The molecule has 2 rings (SSSR count). The molecule has 0 radical (unpaired) electrons. The van der Waals surface area contributed by atoms with Crippen LogP contribution >= 0.6 is 34.8 Å². The van der Waals surface area contributed by atoms with Crippen LogP contribution in [-0.4, -0.2) is 35.9 Å². The zero-order valence-electron chi connectivity index (χ0n) is 15.8. The molecule has 0 atom stereocenters. The molecule has 0 bridgehead atoms. The maximum absolute atomic E-state index is 8.74. The lowest BCUT2D eigenvalue weighted by Crippen LogP contribution is -2.00. The molecule has 2 aromatic rings. The van der Waals surface area contributed by atoms with Crippen molar-refractivity contribution in [2.45, 2.75) is 39.7 Å². The summed E-state index contributed by atoms with van der Waals surface area (Å²) in [5.41, 5.74) is 1.07. The first-order valence-electron chi connectivity index (χ1n) is 9.18. The fourth-order valence-corrected chi connectivity index (χ4v) is 2.86. The Morgan fingerprint density at radius 3 is 1.90 bits per heavy atom. The van der Waals surface area contributed by atoms with Gasteiger partial charge in [-0.3, -0.25) is 0 Å². The van der Waals surface area contributed by atoms with Crippen LogP contribution in [0.25, 0.3) is 0 Å². The number of benzene rings is 2. The highest BCUT2D eigenvalue weighted by Gasteiger charge is 2.10. The van der Waals surface area contributed by atoms with Gasteiger partial charge < -0.3 is 19.7 Å². The average Bonchev–Trinajstić information content (AvgIpc) is 2.71. The van der Waals surface area contributed by atoms with Crippen LogP contribution in [0.15, 0.2) is 42.5 Å². The molecule has 7 heteroatoms. The van der Waals surface area contributed by atoms with Gasteiger partial charge in [-0.25, -0.2) is 0 Å². The summed E-state index contributed by atoms with van der Waals surface area (Å²) in [6.45, 7) is 1.33. The van der Waals surface area contributed by atoms with Crippen LogP contribution in [0.5, 0.6) is 11.5 Å². The van der Waals surface area contributed by atoms with E-state index in [1.807, 2.05) is 30.3 Å². The summed E-state index contributed by atoms with van der Waals surface area (Å²) in [5, 5.41) is 17.7. The molecule has 0 spiro atoms. The molecule has 0 aliphatic heterocycles. The Morgan fingerprint density at radius 2 is 1.38 bits per heavy atom. The Hall–Kier alpha value is -1.17. The largest absolute Gasteiger partial charge is 0.490 e. The smallest absolute Gasteiger partial charge is 0.156 e. The summed E-state index contributed by atoms with van der Waals surface area (Å²) < 4.78 is 11.3. The molecular weight excluding hydrogens is 435 g/mol. The second-order valence-electron chi connectivity index (χ2n) is 5.89. The first kappa shape index (κ1) is 27.8. The lowest BCUT2D eigenvalue weighted by atomic mass is 10.2. The molecule has 29 heavy (non-hydrogen) atoms. The maximum atomic E-state index is 8.74. The number of hydrogen-bond donors (Lipinski definition) is 2. The van der Waals surface area contributed by atoms with Gasteiger partial charge in [0.1, 0.15) is 12.4 Å². The van der Waals surface area contributed by atoms with Crippen molar-refractivity contribution >= 4 is 34.8 Å². The Morgan fingerprint density at radius 1 is 0.793 bits per heavy atom. The van der Waals surface area contributed by atoms with E-state index in [0.29, 0.717) is 47.1 Å². The van der Waals surface area contributed by atoms with E-state index in [-0.39, 0.29) is 20.6 Å². The molecule has 0 saturated heterocycles. The second-order valence-corrected chi connectivity index (χ2v) is 7.08. The van der Waals surface area contributed by atoms with Gasteiger partial charge in [0.2, 0.25) is 0 Å². The Bertz CT molecular complexity index is 627. The first-order valence-corrected chi connectivity index (χ1v) is 10.5. The summed E-state index contributed by atoms with van der Waals surface area (Å²) in [7, 11) is 0. The molecule has 0 unspecified atom stereocenters. The molecule has 164 valence electrons. The van der Waals surface area contributed by atoms with E-state index in [2.05, 4.69) is 0 Å². The van der Waals surface area contributed by atoms with Crippen molar-refractivity contribution in [2.24, 2.45) is 0 Å². The van der Waals surface area contributed by atoms with Crippen LogP contribution in [0.4, 0.5) is 0 Å². The van der Waals surface area contributed by atoms with Crippen molar-refractivity contribution in [3.8, 4) is 11.5 Å². The zero-order chi connectivity index (χ0) is 20.6. The molecule has 4 nitrogen and oxygen atoms in total. The van der Waals surface area contributed by atoms with Gasteiger partial charge in [-0.2, -0.15) is 0 Å². The second kappa shape index (κ2) is 17.7. The highest BCUT2D eigenvalue weighted by atomic mass is 35.5. The van der Waals surface area contributed by atoms with Crippen LogP contribution < -0.4 is 9.47 Å². The van der Waals surface area contributed by atoms with E-state index in [4.69, 9.17) is 54.5 Å². The SMILES string of the molecule is C.OCCCCCl.OCCCCOc1c(Cl)cc(OCc2ccccc2)cc1Cl. The Kier molecular flexibility index (Phi) is 17.0. The van der Waals surface area contributed by atoms with Gasteiger partial charge in [0, 0.05) is 31.2 Å². The third-order valence-corrected chi connectivity index (χ3v) is 4.39. The normalized spacial score (nSPS) is 9.83. The fourth-order valence-electron chi connectivity index (χ4n) is 2.09. The number of unbranched alkanes of at least 4 members (excludes halogenated alkanes) is 2. The van der Waals surface area contributed by atoms with Crippen LogP contribution in [0, 0.1) is 0 Å². The molecule has 0 aromatic heterocycles. The highest BCUT2D eigenvalue weighted by molar-refractivity contribution is 6.37. The van der Waals surface area contributed by atoms with Crippen molar-refractivity contribution in [3.05, 3.63) is 58.1 Å². The summed E-state index contributed by atoms with van der Waals surface area (Å²) in [6, 6.07) is 13.2. The van der Waals surface area contributed by atoms with E-state index in [1.165, 1.54) is 0 Å². The average molecular weight is 466 g/mol. The van der Waals surface area contributed by atoms with Crippen molar-refractivity contribution in [2.75, 3.05) is 25.7 Å². The van der Waals surface area contributed by atoms with Gasteiger partial charge in [0.05, 0.1) is 16.7 Å². The van der Waals surface area contributed by atoms with Crippen LogP contribution in [0.3, 0.4) is 0 Å². The first-order chi connectivity index (χ1) is 13.6. The Labute approximate surface area is 189 Å². The van der Waals surface area contributed by atoms with E-state index >= 15 is 0 Å². The summed E-state index contributed by atoms with van der Waals surface area (Å²) >= 11 is 17.6. The Balaban J connectivity index is 0.000000981. The van der Waals surface area contributed by atoms with Gasteiger partial charge >= 0.3 is 0 Å². The monoisotopic (exact) mass is 464 g/mol. The standard InChI is InChI=1S/C17H18Cl2O3.C4H9ClO.CH4/c18-15-10-14(22-12-13-6-2-1-3-7-13)11-16(19)17(15)21-9-5-4-8-20;5-3-1-2-4-6;/h1-3,6-7,10-11,20H,4-5,8-9,12H2;6H,1-4H2;1H4. The molecule has 0 aliphatic rings. The number of aliphatic hydroxyl groups is 2. The van der Waals surface area contributed by atoms with Gasteiger partial charge in [-0.05, 0) is 31.2 Å². The van der Waals surface area contributed by atoms with Crippen molar-refractivity contribution in [1.29, 1.82) is 0 Å². The van der Waals surface area contributed by atoms with E-state index in [9.17, 15) is 0 Å². The molecule has 0 fully saturated rings. The summed E-state index contributed by atoms with van der Waals surface area (Å²) in [6.07, 6.45) is 3.20. The quantitative estimate of drug-likeness (QED) is 0.299. The molecule has 0 amide bonds. The third-order valence-electron chi connectivity index (χ3n) is 3.56. The minimum Gasteiger partial charge on any atom is -0.490 e. The molecule has 2 N–H and O–H groups in total. The summed E-state index contributed by atoms with van der Waals surface area (Å²) in [4.78, 5) is 0. The molecular formula is C22H31Cl3O4. The van der Waals surface area contributed by atoms with E-state index in [0.717, 1.165) is 24.8 Å². The van der Waals surface area contributed by atoms with Gasteiger partial charge in [-0.15, -0.1) is 11.6 Å². The fraction of sp³-hybridized carbons (Fsp3) is 0.455. The van der Waals surface area contributed by atoms with E-state index in [1.54, 1.807) is 12.1 Å². The number of halogens is 3. The molecule has 0 aliphatic carbocycles. The van der Waals surface area contributed by atoms with Crippen molar-refractivity contribution in [1.82, 2.24) is 0 Å². The van der Waals surface area contributed by atoms with Gasteiger partial charge in [0.15, 0.2) is 5.75 Å². The number of alkyl halides is 1. The number of ether oxygens (including phenoxy) is 2. The lowest BCUT2D eigenvalue weighted by Gasteiger charge is -2.12. The highest BCUT2D eigenvalue weighted by Crippen LogP contribution is 2.37. The zero-order valence-corrected chi connectivity index (χ0v) is 18.0. The number of hydrogen-bond acceptors (Lipinski definition) is 4. The number of rotatable bonds is 11. The van der Waals surface area contributed by atoms with Gasteiger partial charge in [0.25, 0.3) is 0 Å². The van der Waals surface area contributed by atoms with E-state index < -0.39 is 0 Å².